The molecule has 2 heterocycles. The van der Waals surface area contributed by atoms with Gasteiger partial charge in [0.25, 0.3) is 0 Å². The first-order chi connectivity index (χ1) is 13.1. The van der Waals surface area contributed by atoms with Gasteiger partial charge in [0, 0.05) is 24.8 Å². The number of nitrogens with zero attached hydrogens (tertiary/aromatic N) is 4. The molecule has 9 heteroatoms. The summed E-state index contributed by atoms with van der Waals surface area (Å²) in [5.41, 5.74) is 0.632. The lowest BCUT2D eigenvalue weighted by Gasteiger charge is -2.27. The number of halogens is 2. The summed E-state index contributed by atoms with van der Waals surface area (Å²) in [6.45, 7) is 2.07. The summed E-state index contributed by atoms with van der Waals surface area (Å²) >= 11 is 13.3. The molecule has 2 fully saturated rings. The van der Waals surface area contributed by atoms with E-state index in [1.165, 1.54) is 31.0 Å². The largest absolute Gasteiger partial charge is 0.341 e. The average Bonchev–Trinajstić information content (AvgIpc) is 3.43. The molecular formula is C18H21Cl2N5OS. The summed E-state index contributed by atoms with van der Waals surface area (Å²) in [6.07, 6.45) is 5.99. The molecule has 1 aromatic heterocycles. The van der Waals surface area contributed by atoms with Gasteiger partial charge in [0.15, 0.2) is 5.16 Å². The van der Waals surface area contributed by atoms with Crippen molar-refractivity contribution in [3.8, 4) is 0 Å². The first-order valence-corrected chi connectivity index (χ1v) is 10.9. The van der Waals surface area contributed by atoms with Gasteiger partial charge < -0.3 is 10.2 Å². The molecule has 144 valence electrons. The van der Waals surface area contributed by atoms with E-state index in [1.54, 1.807) is 18.2 Å². The van der Waals surface area contributed by atoms with Gasteiger partial charge in [0.2, 0.25) is 11.9 Å². The lowest BCUT2D eigenvalue weighted by Crippen LogP contribution is -2.32. The summed E-state index contributed by atoms with van der Waals surface area (Å²) in [4.78, 5) is 14.6. The van der Waals surface area contributed by atoms with Gasteiger partial charge in [-0.25, -0.2) is 0 Å². The second-order valence-electron chi connectivity index (χ2n) is 6.90. The Morgan fingerprint density at radius 1 is 1.15 bits per heavy atom. The Morgan fingerprint density at radius 2 is 1.93 bits per heavy atom. The van der Waals surface area contributed by atoms with Crippen LogP contribution in [-0.2, 0) is 4.79 Å². The van der Waals surface area contributed by atoms with E-state index in [9.17, 15) is 4.79 Å². The normalized spacial score (nSPS) is 17.2. The molecule has 1 amide bonds. The van der Waals surface area contributed by atoms with Gasteiger partial charge in [-0.3, -0.25) is 9.36 Å². The summed E-state index contributed by atoms with van der Waals surface area (Å²) < 4.78 is 2.22. The van der Waals surface area contributed by atoms with Gasteiger partial charge in [0.05, 0.1) is 15.8 Å². The van der Waals surface area contributed by atoms with Gasteiger partial charge in [-0.2, -0.15) is 0 Å². The van der Waals surface area contributed by atoms with Crippen LogP contribution < -0.4 is 10.2 Å². The number of anilines is 2. The molecule has 1 aromatic carbocycles. The predicted octanol–water partition coefficient (Wildman–Crippen LogP) is 4.64. The topological polar surface area (TPSA) is 63.1 Å². The third kappa shape index (κ3) is 4.52. The Balaban J connectivity index is 1.41. The Hall–Kier alpha value is -1.44. The second-order valence-corrected chi connectivity index (χ2v) is 8.65. The van der Waals surface area contributed by atoms with Crippen LogP contribution in [0.25, 0.3) is 0 Å². The molecule has 1 aliphatic heterocycles. The van der Waals surface area contributed by atoms with E-state index in [0.29, 0.717) is 21.8 Å². The second kappa shape index (κ2) is 8.29. The molecule has 0 spiro atoms. The van der Waals surface area contributed by atoms with Gasteiger partial charge in [-0.15, -0.1) is 10.2 Å². The number of rotatable bonds is 6. The number of thioether (sulfide) groups is 1. The van der Waals surface area contributed by atoms with E-state index in [4.69, 9.17) is 23.2 Å². The number of hydrogen-bond acceptors (Lipinski definition) is 5. The Kier molecular flexibility index (Phi) is 5.80. The maximum absolute atomic E-state index is 12.3. The van der Waals surface area contributed by atoms with Crippen molar-refractivity contribution in [1.29, 1.82) is 0 Å². The van der Waals surface area contributed by atoms with Crippen molar-refractivity contribution >= 4 is 52.5 Å². The summed E-state index contributed by atoms with van der Waals surface area (Å²) in [5.74, 6) is 1.12. The van der Waals surface area contributed by atoms with E-state index >= 15 is 0 Å². The van der Waals surface area contributed by atoms with Crippen molar-refractivity contribution in [1.82, 2.24) is 14.8 Å². The first-order valence-electron chi connectivity index (χ1n) is 9.19. The third-order valence-corrected chi connectivity index (χ3v) is 6.42. The van der Waals surface area contributed by atoms with Crippen molar-refractivity contribution in [3.63, 3.8) is 0 Å². The number of benzene rings is 1. The fourth-order valence-electron chi connectivity index (χ4n) is 3.23. The lowest BCUT2D eigenvalue weighted by atomic mass is 10.1. The molecule has 4 rings (SSSR count). The van der Waals surface area contributed by atoms with Crippen LogP contribution in [0.4, 0.5) is 11.6 Å². The number of aromatic nitrogens is 3. The molecule has 0 unspecified atom stereocenters. The minimum Gasteiger partial charge on any atom is -0.341 e. The lowest BCUT2D eigenvalue weighted by molar-refractivity contribution is -0.113. The molecule has 0 atom stereocenters. The zero-order chi connectivity index (χ0) is 18.8. The van der Waals surface area contributed by atoms with Crippen molar-refractivity contribution in [2.24, 2.45) is 0 Å². The van der Waals surface area contributed by atoms with Crippen molar-refractivity contribution in [2.75, 3.05) is 29.1 Å². The number of piperidine rings is 1. The molecule has 0 radical (unpaired) electrons. The third-order valence-electron chi connectivity index (χ3n) is 4.73. The molecule has 2 aliphatic rings. The van der Waals surface area contributed by atoms with Gasteiger partial charge in [-0.1, -0.05) is 35.0 Å². The quantitative estimate of drug-likeness (QED) is 0.682. The van der Waals surface area contributed by atoms with Crippen LogP contribution in [0.3, 0.4) is 0 Å². The van der Waals surface area contributed by atoms with Gasteiger partial charge >= 0.3 is 0 Å². The molecule has 6 nitrogen and oxygen atoms in total. The molecule has 1 saturated heterocycles. The number of hydrogen-bond donors (Lipinski definition) is 1. The van der Waals surface area contributed by atoms with Crippen LogP contribution in [0.2, 0.25) is 10.0 Å². The van der Waals surface area contributed by atoms with E-state index in [2.05, 4.69) is 25.0 Å². The zero-order valence-electron chi connectivity index (χ0n) is 14.8. The maximum atomic E-state index is 12.3. The summed E-state index contributed by atoms with van der Waals surface area (Å²) in [7, 11) is 0. The highest BCUT2D eigenvalue weighted by molar-refractivity contribution is 7.99. The van der Waals surface area contributed by atoms with Gasteiger partial charge in [-0.05, 0) is 50.3 Å². The highest BCUT2D eigenvalue weighted by atomic mass is 35.5. The number of nitrogens with one attached hydrogen (secondary N) is 1. The monoisotopic (exact) mass is 425 g/mol. The van der Waals surface area contributed by atoms with Gasteiger partial charge in [0.1, 0.15) is 0 Å². The zero-order valence-corrected chi connectivity index (χ0v) is 17.2. The van der Waals surface area contributed by atoms with Crippen molar-refractivity contribution in [3.05, 3.63) is 28.2 Å². The predicted molar refractivity (Wildman–Crippen MR) is 110 cm³/mol. The molecule has 2 aromatic rings. The minimum absolute atomic E-state index is 0.108. The molecule has 1 aliphatic carbocycles. The maximum Gasteiger partial charge on any atom is 0.234 e. The highest BCUT2D eigenvalue weighted by Gasteiger charge is 2.32. The first kappa shape index (κ1) is 18.9. The summed E-state index contributed by atoms with van der Waals surface area (Å²) in [5, 5.41) is 13.4. The van der Waals surface area contributed by atoms with E-state index in [-0.39, 0.29) is 11.7 Å². The van der Waals surface area contributed by atoms with Crippen LogP contribution in [0.15, 0.2) is 23.4 Å². The highest BCUT2D eigenvalue weighted by Crippen LogP contribution is 2.41. The molecule has 0 bridgehead atoms. The average molecular weight is 426 g/mol. The van der Waals surface area contributed by atoms with E-state index < -0.39 is 0 Å². The fraction of sp³-hybridized carbons (Fsp3) is 0.500. The summed E-state index contributed by atoms with van der Waals surface area (Å²) in [6, 6.07) is 5.52. The molecule has 27 heavy (non-hydrogen) atoms. The van der Waals surface area contributed by atoms with Crippen molar-refractivity contribution < 1.29 is 4.79 Å². The standard InChI is InChI=1S/C18H21Cl2N5OS/c19-14-7-4-12(10-15(14)20)21-16(26)11-27-18-23-22-17(25(18)13-5-6-13)24-8-2-1-3-9-24/h4,7,10,13H,1-3,5-6,8-9,11H2,(H,21,26). The number of carbonyl (C=O) groups is 1. The molecule has 1 saturated carbocycles. The van der Waals surface area contributed by atoms with Crippen LogP contribution in [0.5, 0.6) is 0 Å². The molecular weight excluding hydrogens is 405 g/mol. The Bertz CT molecular complexity index is 833. The SMILES string of the molecule is O=C(CSc1nnc(N2CCCCC2)n1C1CC1)Nc1ccc(Cl)c(Cl)c1. The fourth-order valence-corrected chi connectivity index (χ4v) is 4.33. The molecule has 1 N–H and O–H groups in total. The Labute approximate surface area is 172 Å². The van der Waals surface area contributed by atoms with Crippen LogP contribution in [0, 0.1) is 0 Å². The van der Waals surface area contributed by atoms with Crippen LogP contribution >= 0.6 is 35.0 Å². The van der Waals surface area contributed by atoms with E-state index in [0.717, 1.165) is 37.0 Å². The van der Waals surface area contributed by atoms with E-state index in [1.807, 2.05) is 0 Å². The van der Waals surface area contributed by atoms with Crippen molar-refractivity contribution in [2.45, 2.75) is 43.3 Å². The van der Waals surface area contributed by atoms with Crippen LogP contribution in [0.1, 0.15) is 38.1 Å². The number of amides is 1. The number of carbonyl (C=O) groups excluding carboxylic acids is 1. The Morgan fingerprint density at radius 3 is 2.63 bits per heavy atom. The smallest absolute Gasteiger partial charge is 0.234 e. The minimum atomic E-state index is -0.108. The van der Waals surface area contributed by atoms with Crippen LogP contribution in [-0.4, -0.2) is 39.5 Å².